The summed E-state index contributed by atoms with van der Waals surface area (Å²) in [4.78, 5) is 8.71. The normalized spacial score (nSPS) is 22.8. The van der Waals surface area contributed by atoms with Crippen molar-refractivity contribution in [3.05, 3.63) is 77.8 Å². The van der Waals surface area contributed by atoms with Crippen LogP contribution >= 0.6 is 0 Å². The molecule has 158 valence electrons. The Morgan fingerprint density at radius 2 is 1.71 bits per heavy atom. The van der Waals surface area contributed by atoms with Crippen LogP contribution in [0.3, 0.4) is 0 Å². The molecule has 2 aliphatic carbocycles. The van der Waals surface area contributed by atoms with E-state index in [1.165, 1.54) is 30.0 Å². The van der Waals surface area contributed by atoms with E-state index in [2.05, 4.69) is 26.5 Å². The summed E-state index contributed by atoms with van der Waals surface area (Å²) < 4.78 is 16.0. The summed E-state index contributed by atoms with van der Waals surface area (Å²) in [6.07, 6.45) is 11.4. The van der Waals surface area contributed by atoms with E-state index in [0.29, 0.717) is 11.8 Å². The van der Waals surface area contributed by atoms with Gasteiger partial charge < -0.3 is 9.51 Å². The summed E-state index contributed by atoms with van der Waals surface area (Å²) >= 11 is 0. The van der Waals surface area contributed by atoms with Gasteiger partial charge in [-0.05, 0) is 97.7 Å². The van der Waals surface area contributed by atoms with E-state index < -0.39 is 6.10 Å². The predicted molar refractivity (Wildman–Crippen MR) is 119 cm³/mol. The zero-order chi connectivity index (χ0) is 20.9. The maximum atomic E-state index is 13.9. The largest absolute Gasteiger partial charge is 0.387 e. The number of nitrogens with zero attached hydrogens (tertiary/aromatic N) is 3. The second-order valence-corrected chi connectivity index (χ2v) is 9.25. The van der Waals surface area contributed by atoms with Crippen LogP contribution in [0.2, 0.25) is 0 Å². The third kappa shape index (κ3) is 3.32. The van der Waals surface area contributed by atoms with Crippen molar-refractivity contribution in [1.82, 2.24) is 14.4 Å². The van der Waals surface area contributed by atoms with Crippen molar-refractivity contribution in [2.75, 3.05) is 0 Å². The van der Waals surface area contributed by atoms with Crippen molar-refractivity contribution in [1.29, 1.82) is 0 Å². The number of halogens is 1. The van der Waals surface area contributed by atoms with Gasteiger partial charge in [-0.15, -0.1) is 0 Å². The Morgan fingerprint density at radius 3 is 2.52 bits per heavy atom. The standard InChI is InChI=1S/C26H26FN3O/c27-19-7-10-24-23(13-19)21(11-12-29-24)16-3-5-18(6-4-16)26(31)25-22(17-1-2-17)9-8-20-14-28-15-30(20)25/h7-18,26,31H,1-6H2. The summed E-state index contributed by atoms with van der Waals surface area (Å²) in [6, 6.07) is 11.2. The zero-order valence-electron chi connectivity index (χ0n) is 17.4. The molecule has 2 aliphatic rings. The highest BCUT2D eigenvalue weighted by Crippen LogP contribution is 2.47. The first kappa shape index (κ1) is 18.9. The molecular weight excluding hydrogens is 389 g/mol. The second-order valence-electron chi connectivity index (χ2n) is 9.25. The van der Waals surface area contributed by atoms with Crippen LogP contribution in [0, 0.1) is 11.7 Å². The van der Waals surface area contributed by atoms with Crippen molar-refractivity contribution in [3.63, 3.8) is 0 Å². The minimum Gasteiger partial charge on any atom is -0.387 e. The first-order valence-corrected chi connectivity index (χ1v) is 11.4. The number of fused-ring (bicyclic) bond motifs is 2. The van der Waals surface area contributed by atoms with Gasteiger partial charge in [0.2, 0.25) is 0 Å². The van der Waals surface area contributed by atoms with E-state index in [-0.39, 0.29) is 11.7 Å². The van der Waals surface area contributed by atoms with Crippen molar-refractivity contribution in [2.45, 2.75) is 56.5 Å². The number of aliphatic hydroxyl groups is 1. The topological polar surface area (TPSA) is 50.4 Å². The monoisotopic (exact) mass is 415 g/mol. The number of imidazole rings is 1. The highest BCUT2D eigenvalue weighted by molar-refractivity contribution is 5.82. The molecule has 2 fully saturated rings. The summed E-state index contributed by atoms with van der Waals surface area (Å²) in [6.45, 7) is 0. The van der Waals surface area contributed by atoms with E-state index in [1.54, 1.807) is 12.1 Å². The number of rotatable bonds is 4. The molecule has 0 aliphatic heterocycles. The molecule has 0 radical (unpaired) electrons. The third-order valence-electron chi connectivity index (χ3n) is 7.35. The molecule has 1 aromatic carbocycles. The number of pyridine rings is 2. The van der Waals surface area contributed by atoms with Crippen LogP contribution in [0.5, 0.6) is 0 Å². The quantitative estimate of drug-likeness (QED) is 0.451. The minimum absolute atomic E-state index is 0.216. The van der Waals surface area contributed by atoms with Gasteiger partial charge in [-0.25, -0.2) is 9.37 Å². The predicted octanol–water partition coefficient (Wildman–Crippen LogP) is 5.91. The fourth-order valence-electron chi connectivity index (χ4n) is 5.55. The summed E-state index contributed by atoms with van der Waals surface area (Å²) in [7, 11) is 0. The zero-order valence-corrected chi connectivity index (χ0v) is 17.4. The lowest BCUT2D eigenvalue weighted by Gasteiger charge is -2.33. The number of aliphatic hydroxyl groups excluding tert-OH is 1. The van der Waals surface area contributed by atoms with Gasteiger partial charge in [-0.2, -0.15) is 0 Å². The first-order chi connectivity index (χ1) is 15.2. The fourth-order valence-corrected chi connectivity index (χ4v) is 5.55. The van der Waals surface area contributed by atoms with Crippen molar-refractivity contribution in [2.24, 2.45) is 5.92 Å². The molecule has 2 saturated carbocycles. The summed E-state index contributed by atoms with van der Waals surface area (Å²) in [5, 5.41) is 12.4. The van der Waals surface area contributed by atoms with Crippen LogP contribution in [0.1, 0.15) is 73.3 Å². The molecule has 4 nitrogen and oxygen atoms in total. The number of hydrogen-bond acceptors (Lipinski definition) is 3. The molecule has 4 aromatic rings. The second kappa shape index (κ2) is 7.41. The van der Waals surface area contributed by atoms with Gasteiger partial charge in [0, 0.05) is 11.6 Å². The maximum Gasteiger partial charge on any atom is 0.123 e. The van der Waals surface area contributed by atoms with E-state index in [9.17, 15) is 9.50 Å². The van der Waals surface area contributed by atoms with Crippen LogP contribution in [0.4, 0.5) is 4.39 Å². The van der Waals surface area contributed by atoms with Gasteiger partial charge in [0.15, 0.2) is 0 Å². The molecule has 1 N–H and O–H groups in total. The van der Waals surface area contributed by atoms with E-state index in [0.717, 1.165) is 47.8 Å². The molecular formula is C26H26FN3O. The highest BCUT2D eigenvalue weighted by atomic mass is 19.1. The molecule has 5 heteroatoms. The van der Waals surface area contributed by atoms with Crippen LogP contribution in [0.15, 0.2) is 55.1 Å². The van der Waals surface area contributed by atoms with Crippen LogP contribution in [-0.4, -0.2) is 19.5 Å². The van der Waals surface area contributed by atoms with Gasteiger partial charge in [0.05, 0.1) is 35.4 Å². The molecule has 0 saturated heterocycles. The Bertz CT molecular complexity index is 1250. The van der Waals surface area contributed by atoms with Crippen molar-refractivity contribution < 1.29 is 9.50 Å². The summed E-state index contributed by atoms with van der Waals surface area (Å²) in [5.74, 6) is 0.965. The van der Waals surface area contributed by atoms with Gasteiger partial charge in [0.25, 0.3) is 0 Å². The molecule has 3 heterocycles. The van der Waals surface area contributed by atoms with Gasteiger partial charge in [0.1, 0.15) is 5.82 Å². The van der Waals surface area contributed by atoms with Crippen LogP contribution in [0.25, 0.3) is 16.4 Å². The van der Waals surface area contributed by atoms with Gasteiger partial charge in [-0.3, -0.25) is 4.98 Å². The lowest BCUT2D eigenvalue weighted by Crippen LogP contribution is -2.22. The van der Waals surface area contributed by atoms with Crippen molar-refractivity contribution in [3.8, 4) is 0 Å². The Balaban J connectivity index is 1.27. The molecule has 6 rings (SSSR count). The lowest BCUT2D eigenvalue weighted by atomic mass is 9.75. The Morgan fingerprint density at radius 1 is 0.935 bits per heavy atom. The van der Waals surface area contributed by atoms with E-state index in [1.807, 2.05) is 24.8 Å². The third-order valence-corrected chi connectivity index (χ3v) is 7.35. The highest BCUT2D eigenvalue weighted by Gasteiger charge is 2.34. The lowest BCUT2D eigenvalue weighted by molar-refractivity contribution is 0.0755. The smallest absolute Gasteiger partial charge is 0.123 e. The van der Waals surface area contributed by atoms with Crippen LogP contribution < -0.4 is 0 Å². The Kier molecular flexibility index (Phi) is 4.53. The number of benzene rings is 1. The maximum absolute atomic E-state index is 13.9. The summed E-state index contributed by atoms with van der Waals surface area (Å²) in [5.41, 5.74) is 5.40. The molecule has 31 heavy (non-hydrogen) atoms. The molecule has 3 aromatic heterocycles. The first-order valence-electron chi connectivity index (χ1n) is 11.4. The van der Waals surface area contributed by atoms with Gasteiger partial charge >= 0.3 is 0 Å². The molecule has 0 spiro atoms. The van der Waals surface area contributed by atoms with Crippen LogP contribution in [-0.2, 0) is 0 Å². The Hall–Kier alpha value is -2.79. The molecule has 0 bridgehead atoms. The fraction of sp³-hybridized carbons (Fsp3) is 0.385. The van der Waals surface area contributed by atoms with Crippen molar-refractivity contribution >= 4 is 16.4 Å². The average Bonchev–Trinajstić information content (AvgIpc) is 3.54. The number of aromatic nitrogens is 3. The Labute approximate surface area is 180 Å². The van der Waals surface area contributed by atoms with Gasteiger partial charge in [-0.1, -0.05) is 6.07 Å². The molecule has 1 atom stereocenters. The number of hydrogen-bond donors (Lipinski definition) is 1. The SMILES string of the molecule is OC(c1c(C2CC2)ccc2cncn12)C1CCC(c2ccnc3ccc(F)cc23)CC1. The molecule has 0 amide bonds. The van der Waals surface area contributed by atoms with E-state index in [4.69, 9.17) is 0 Å². The minimum atomic E-state index is -0.485. The average molecular weight is 416 g/mol. The molecule has 1 unspecified atom stereocenters. The van der Waals surface area contributed by atoms with E-state index >= 15 is 0 Å².